The number of rotatable bonds is 2. The molecule has 14 heavy (non-hydrogen) atoms. The molecule has 0 aliphatic heterocycles. The van der Waals surface area contributed by atoms with Crippen LogP contribution in [0.1, 0.15) is 11.6 Å². The highest BCUT2D eigenvalue weighted by Gasteiger charge is 2.19. The van der Waals surface area contributed by atoms with Gasteiger partial charge in [0, 0.05) is 10.0 Å². The fraction of sp³-hybridized carbons (Fsp3) is 0.222. The first-order valence-corrected chi connectivity index (χ1v) is 4.67. The molecule has 0 saturated carbocycles. The van der Waals surface area contributed by atoms with Gasteiger partial charge in [-0.3, -0.25) is 4.79 Å². The minimum Gasteiger partial charge on any atom is -0.508 e. The van der Waals surface area contributed by atoms with Gasteiger partial charge in [-0.25, -0.2) is 0 Å². The van der Waals surface area contributed by atoms with Gasteiger partial charge >= 0.3 is 5.97 Å². The molecule has 0 aliphatic carbocycles. The average molecular weight is 260 g/mol. The summed E-state index contributed by atoms with van der Waals surface area (Å²) in [5.41, 5.74) is 5.90. The fourth-order valence-electron chi connectivity index (χ4n) is 1.03. The molecule has 0 spiro atoms. The molecule has 1 rings (SSSR count). The lowest BCUT2D eigenvalue weighted by molar-refractivity contribution is -0.142. The Kier molecular flexibility index (Phi) is 3.49. The lowest BCUT2D eigenvalue weighted by atomic mass is 10.1. The van der Waals surface area contributed by atoms with Crippen molar-refractivity contribution >= 4 is 21.9 Å². The monoisotopic (exact) mass is 259 g/mol. The molecule has 0 bridgehead atoms. The Hall–Kier alpha value is -1.07. The van der Waals surface area contributed by atoms with Crippen LogP contribution in [-0.4, -0.2) is 18.2 Å². The van der Waals surface area contributed by atoms with Crippen LogP contribution in [0.2, 0.25) is 0 Å². The van der Waals surface area contributed by atoms with Gasteiger partial charge in [-0.05, 0) is 12.1 Å². The van der Waals surface area contributed by atoms with E-state index in [-0.39, 0.29) is 5.75 Å². The molecule has 1 aromatic carbocycles. The first-order chi connectivity index (χ1) is 6.56. The first-order valence-electron chi connectivity index (χ1n) is 3.88. The van der Waals surface area contributed by atoms with Crippen molar-refractivity contribution in [2.24, 2.45) is 5.73 Å². The number of carbonyl (C=O) groups is 1. The number of hydrogen-bond donors (Lipinski definition) is 2. The molecule has 0 heterocycles. The summed E-state index contributed by atoms with van der Waals surface area (Å²) in [6.07, 6.45) is 0. The van der Waals surface area contributed by atoms with Crippen LogP contribution in [0.5, 0.6) is 5.75 Å². The van der Waals surface area contributed by atoms with E-state index in [1.54, 1.807) is 12.1 Å². The minimum absolute atomic E-state index is 0.0303. The first kappa shape index (κ1) is 11.0. The molecule has 0 aliphatic rings. The summed E-state index contributed by atoms with van der Waals surface area (Å²) in [7, 11) is 1.25. The number of nitrogens with two attached hydrogens (primary N) is 1. The molecule has 1 unspecified atom stereocenters. The summed E-state index contributed by atoms with van der Waals surface area (Å²) < 4.78 is 5.18. The van der Waals surface area contributed by atoms with E-state index in [1.807, 2.05) is 0 Å². The normalized spacial score (nSPS) is 12.2. The zero-order valence-electron chi connectivity index (χ0n) is 7.53. The third-order valence-electron chi connectivity index (χ3n) is 1.78. The fourth-order valence-corrected chi connectivity index (χ4v) is 1.38. The largest absolute Gasteiger partial charge is 0.508 e. The van der Waals surface area contributed by atoms with Crippen LogP contribution in [0.15, 0.2) is 22.7 Å². The molecule has 0 radical (unpaired) electrons. The second-order valence-corrected chi connectivity index (χ2v) is 3.62. The number of hydrogen-bond acceptors (Lipinski definition) is 4. The second kappa shape index (κ2) is 4.43. The third-order valence-corrected chi connectivity index (χ3v) is 2.28. The van der Waals surface area contributed by atoms with Gasteiger partial charge in [0.15, 0.2) is 0 Å². The molecule has 0 fully saturated rings. The summed E-state index contributed by atoms with van der Waals surface area (Å²) in [5, 5.41) is 9.49. The molecule has 0 aromatic heterocycles. The average Bonchev–Trinajstić information content (AvgIpc) is 2.15. The zero-order valence-corrected chi connectivity index (χ0v) is 9.11. The van der Waals surface area contributed by atoms with Crippen molar-refractivity contribution in [2.75, 3.05) is 7.11 Å². The van der Waals surface area contributed by atoms with Gasteiger partial charge in [-0.15, -0.1) is 0 Å². The number of phenols is 1. The van der Waals surface area contributed by atoms with Crippen molar-refractivity contribution in [1.82, 2.24) is 0 Å². The second-order valence-electron chi connectivity index (χ2n) is 2.70. The van der Waals surface area contributed by atoms with Gasteiger partial charge in [-0.2, -0.15) is 0 Å². The number of halogens is 1. The lowest BCUT2D eigenvalue weighted by Crippen LogP contribution is -2.22. The molecular formula is C9H10BrNO3. The Morgan fingerprint density at radius 1 is 1.64 bits per heavy atom. The van der Waals surface area contributed by atoms with Crippen LogP contribution in [0.3, 0.4) is 0 Å². The maximum absolute atomic E-state index is 11.1. The highest BCUT2D eigenvalue weighted by Crippen LogP contribution is 2.26. The molecular weight excluding hydrogens is 250 g/mol. The quantitative estimate of drug-likeness (QED) is 0.787. The van der Waals surface area contributed by atoms with Crippen molar-refractivity contribution in [1.29, 1.82) is 0 Å². The smallest absolute Gasteiger partial charge is 0.327 e. The van der Waals surface area contributed by atoms with Crippen LogP contribution in [0.25, 0.3) is 0 Å². The molecule has 1 atom stereocenters. The summed E-state index contributed by atoms with van der Waals surface area (Å²) >= 11 is 3.18. The number of phenolic OH excluding ortho intramolecular Hbond substituents is 1. The van der Waals surface area contributed by atoms with Crippen molar-refractivity contribution < 1.29 is 14.6 Å². The Labute approximate surface area is 89.8 Å². The summed E-state index contributed by atoms with van der Waals surface area (Å²) in [5.74, 6) is -0.611. The number of esters is 1. The van der Waals surface area contributed by atoms with E-state index in [2.05, 4.69) is 20.7 Å². The SMILES string of the molecule is COC(=O)C(N)c1ccc(Br)cc1O. The van der Waals surface area contributed by atoms with E-state index in [4.69, 9.17) is 5.73 Å². The third kappa shape index (κ3) is 2.24. The highest BCUT2D eigenvalue weighted by molar-refractivity contribution is 9.10. The van der Waals surface area contributed by atoms with Gasteiger partial charge in [-0.1, -0.05) is 22.0 Å². The molecule has 4 nitrogen and oxygen atoms in total. The number of carbonyl (C=O) groups excluding carboxylic acids is 1. The van der Waals surface area contributed by atoms with E-state index in [1.165, 1.54) is 13.2 Å². The van der Waals surface area contributed by atoms with Crippen LogP contribution < -0.4 is 5.73 Å². The molecule has 0 saturated heterocycles. The van der Waals surface area contributed by atoms with Crippen molar-refractivity contribution in [2.45, 2.75) is 6.04 Å². The topological polar surface area (TPSA) is 72.5 Å². The van der Waals surface area contributed by atoms with E-state index >= 15 is 0 Å². The number of ether oxygens (including phenoxy) is 1. The Bertz CT molecular complexity index is 354. The Morgan fingerprint density at radius 3 is 2.79 bits per heavy atom. The van der Waals surface area contributed by atoms with Crippen molar-refractivity contribution in [3.05, 3.63) is 28.2 Å². The van der Waals surface area contributed by atoms with Gasteiger partial charge in [0.2, 0.25) is 0 Å². The summed E-state index contributed by atoms with van der Waals surface area (Å²) in [6.45, 7) is 0. The molecule has 5 heteroatoms. The molecule has 1 aromatic rings. The molecule has 3 N–H and O–H groups in total. The predicted octanol–water partition coefficient (Wildman–Crippen LogP) is 1.33. The zero-order chi connectivity index (χ0) is 10.7. The van der Waals surface area contributed by atoms with Gasteiger partial charge in [0.25, 0.3) is 0 Å². The van der Waals surface area contributed by atoms with Crippen LogP contribution >= 0.6 is 15.9 Å². The highest BCUT2D eigenvalue weighted by atomic mass is 79.9. The number of methoxy groups -OCH3 is 1. The Balaban J connectivity index is 3.01. The molecule has 76 valence electrons. The molecule has 0 amide bonds. The minimum atomic E-state index is -0.951. The maximum atomic E-state index is 11.1. The number of benzene rings is 1. The van der Waals surface area contributed by atoms with Gasteiger partial charge < -0.3 is 15.6 Å². The van der Waals surface area contributed by atoms with Crippen molar-refractivity contribution in [3.8, 4) is 5.75 Å². The number of aromatic hydroxyl groups is 1. The maximum Gasteiger partial charge on any atom is 0.327 e. The summed E-state index contributed by atoms with van der Waals surface area (Å²) in [4.78, 5) is 11.1. The standard InChI is InChI=1S/C9H10BrNO3/c1-14-9(13)8(11)6-3-2-5(10)4-7(6)12/h2-4,8,12H,11H2,1H3. The van der Waals surface area contributed by atoms with Crippen LogP contribution in [-0.2, 0) is 9.53 Å². The van der Waals surface area contributed by atoms with E-state index < -0.39 is 12.0 Å². The van der Waals surface area contributed by atoms with Crippen LogP contribution in [0, 0.1) is 0 Å². The Morgan fingerprint density at radius 2 is 2.29 bits per heavy atom. The van der Waals surface area contributed by atoms with Gasteiger partial charge in [0.05, 0.1) is 7.11 Å². The van der Waals surface area contributed by atoms with E-state index in [9.17, 15) is 9.90 Å². The van der Waals surface area contributed by atoms with Gasteiger partial charge in [0.1, 0.15) is 11.8 Å². The summed E-state index contributed by atoms with van der Waals surface area (Å²) in [6, 6.07) is 3.78. The lowest BCUT2D eigenvalue weighted by Gasteiger charge is -2.11. The van der Waals surface area contributed by atoms with Crippen LogP contribution in [0.4, 0.5) is 0 Å². The predicted molar refractivity (Wildman–Crippen MR) is 54.8 cm³/mol. The van der Waals surface area contributed by atoms with E-state index in [0.29, 0.717) is 5.56 Å². The van der Waals surface area contributed by atoms with E-state index in [0.717, 1.165) is 4.47 Å². The van der Waals surface area contributed by atoms with Crippen molar-refractivity contribution in [3.63, 3.8) is 0 Å².